The highest BCUT2D eigenvalue weighted by Gasteiger charge is 2.03. The van der Waals surface area contributed by atoms with Gasteiger partial charge >= 0.3 is 0 Å². The molecule has 0 aliphatic carbocycles. The lowest BCUT2D eigenvalue weighted by Gasteiger charge is -2.08. The maximum atomic E-state index is 13.1. The van der Waals surface area contributed by atoms with Gasteiger partial charge in [0.2, 0.25) is 0 Å². The maximum absolute atomic E-state index is 13.1. The Morgan fingerprint density at radius 2 is 1.90 bits per heavy atom. The highest BCUT2D eigenvalue weighted by Crippen LogP contribution is 2.17. The Bertz CT molecular complexity index is 768. The molecule has 0 aliphatic rings. The zero-order chi connectivity index (χ0) is 14.7. The van der Waals surface area contributed by atoms with Crippen molar-refractivity contribution in [3.05, 3.63) is 76.7 Å². The molecule has 21 heavy (non-hydrogen) atoms. The van der Waals surface area contributed by atoms with E-state index in [9.17, 15) is 4.39 Å². The van der Waals surface area contributed by atoms with Crippen molar-refractivity contribution in [2.45, 2.75) is 13.1 Å². The van der Waals surface area contributed by atoms with Crippen molar-refractivity contribution in [2.75, 3.05) is 0 Å². The first-order chi connectivity index (χ1) is 10.2. The Labute approximate surface area is 127 Å². The molecule has 3 rings (SSSR count). The lowest BCUT2D eigenvalue weighted by molar-refractivity contribution is 0.625. The zero-order valence-corrected chi connectivity index (χ0v) is 12.1. The van der Waals surface area contributed by atoms with Crippen LogP contribution in [0.4, 0.5) is 4.39 Å². The first-order valence-corrected chi connectivity index (χ1v) is 7.09. The van der Waals surface area contributed by atoms with Crippen LogP contribution in [0.25, 0.3) is 10.9 Å². The molecule has 0 aliphatic heterocycles. The number of nitrogens with zero attached hydrogens (tertiary/aromatic N) is 1. The summed E-state index contributed by atoms with van der Waals surface area (Å²) in [6.07, 6.45) is 1.81. The van der Waals surface area contributed by atoms with Gasteiger partial charge in [-0.2, -0.15) is 0 Å². The number of pyridine rings is 1. The number of aromatic nitrogens is 1. The summed E-state index contributed by atoms with van der Waals surface area (Å²) in [5.41, 5.74) is 3.13. The summed E-state index contributed by atoms with van der Waals surface area (Å²) in [5.74, 6) is -0.388. The van der Waals surface area contributed by atoms with Crippen LogP contribution >= 0.6 is 11.6 Å². The number of hydrogen-bond donors (Lipinski definition) is 1. The van der Waals surface area contributed by atoms with Gasteiger partial charge in [-0.25, -0.2) is 4.39 Å². The standard InChI is InChI=1S/C17H14ClFN2/c18-15-9-12(5-6-16(15)19)10-20-11-13-7-8-21-17-4-2-1-3-14(13)17/h1-9,20H,10-11H2. The van der Waals surface area contributed by atoms with Crippen LogP contribution in [0.2, 0.25) is 5.02 Å². The first kappa shape index (κ1) is 14.0. The average Bonchev–Trinajstić information content (AvgIpc) is 2.51. The zero-order valence-electron chi connectivity index (χ0n) is 11.3. The molecule has 1 heterocycles. The fourth-order valence-corrected chi connectivity index (χ4v) is 2.50. The number of benzene rings is 2. The van der Waals surface area contributed by atoms with Gasteiger partial charge in [0.05, 0.1) is 10.5 Å². The van der Waals surface area contributed by atoms with Crippen molar-refractivity contribution in [3.63, 3.8) is 0 Å². The van der Waals surface area contributed by atoms with Gasteiger partial charge in [0.25, 0.3) is 0 Å². The van der Waals surface area contributed by atoms with E-state index in [-0.39, 0.29) is 10.8 Å². The van der Waals surface area contributed by atoms with Crippen LogP contribution in [0, 0.1) is 5.82 Å². The summed E-state index contributed by atoms with van der Waals surface area (Å²) in [6.45, 7) is 1.36. The van der Waals surface area contributed by atoms with Crippen molar-refractivity contribution in [2.24, 2.45) is 0 Å². The molecule has 0 fully saturated rings. The minimum absolute atomic E-state index is 0.156. The van der Waals surface area contributed by atoms with Crippen LogP contribution in [-0.4, -0.2) is 4.98 Å². The SMILES string of the molecule is Fc1ccc(CNCc2ccnc3ccccc23)cc1Cl. The summed E-state index contributed by atoms with van der Waals surface area (Å²) in [5, 5.41) is 4.65. The molecule has 0 spiro atoms. The fourth-order valence-electron chi connectivity index (χ4n) is 2.30. The normalized spacial score (nSPS) is 11.0. The quantitative estimate of drug-likeness (QED) is 0.776. The molecule has 3 aromatic rings. The highest BCUT2D eigenvalue weighted by molar-refractivity contribution is 6.30. The molecule has 0 atom stereocenters. The predicted molar refractivity (Wildman–Crippen MR) is 83.7 cm³/mol. The minimum Gasteiger partial charge on any atom is -0.309 e. The number of fused-ring (bicyclic) bond motifs is 1. The van der Waals surface area contributed by atoms with Gasteiger partial charge in [-0.05, 0) is 35.4 Å². The molecule has 0 bridgehead atoms. The van der Waals surface area contributed by atoms with Crippen molar-refractivity contribution >= 4 is 22.5 Å². The van der Waals surface area contributed by atoms with Gasteiger partial charge in [-0.3, -0.25) is 4.98 Å². The van der Waals surface area contributed by atoms with Crippen molar-refractivity contribution in [1.82, 2.24) is 10.3 Å². The van der Waals surface area contributed by atoms with Crippen molar-refractivity contribution in [1.29, 1.82) is 0 Å². The molecule has 0 radical (unpaired) electrons. The van der Waals surface area contributed by atoms with E-state index in [0.717, 1.165) is 23.0 Å². The Kier molecular flexibility index (Phi) is 4.13. The van der Waals surface area contributed by atoms with Gasteiger partial charge in [-0.1, -0.05) is 35.9 Å². The maximum Gasteiger partial charge on any atom is 0.141 e. The second kappa shape index (κ2) is 6.20. The Hall–Kier alpha value is -1.97. The average molecular weight is 301 g/mol. The molecular weight excluding hydrogens is 287 g/mol. The molecule has 1 aromatic heterocycles. The summed E-state index contributed by atoms with van der Waals surface area (Å²) in [7, 11) is 0. The third-order valence-electron chi connectivity index (χ3n) is 3.37. The highest BCUT2D eigenvalue weighted by atomic mass is 35.5. The van der Waals surface area contributed by atoms with Crippen LogP contribution in [0.5, 0.6) is 0 Å². The number of para-hydroxylation sites is 1. The summed E-state index contributed by atoms with van der Waals surface area (Å²) in [4.78, 5) is 4.34. The van der Waals surface area contributed by atoms with Crippen LogP contribution < -0.4 is 5.32 Å². The molecule has 0 amide bonds. The molecule has 2 nitrogen and oxygen atoms in total. The topological polar surface area (TPSA) is 24.9 Å². The number of hydrogen-bond acceptors (Lipinski definition) is 2. The Morgan fingerprint density at radius 1 is 1.05 bits per heavy atom. The lowest BCUT2D eigenvalue weighted by atomic mass is 10.1. The van der Waals surface area contributed by atoms with Gasteiger partial charge in [0.15, 0.2) is 0 Å². The Morgan fingerprint density at radius 3 is 2.76 bits per heavy atom. The van der Waals surface area contributed by atoms with E-state index in [1.807, 2.05) is 30.5 Å². The van der Waals surface area contributed by atoms with Crippen LogP contribution in [0.15, 0.2) is 54.7 Å². The molecule has 0 saturated heterocycles. The molecule has 2 aromatic carbocycles. The van der Waals surface area contributed by atoms with Crippen LogP contribution in [0.3, 0.4) is 0 Å². The van der Waals surface area contributed by atoms with E-state index >= 15 is 0 Å². The molecule has 0 saturated carbocycles. The molecule has 0 unspecified atom stereocenters. The largest absolute Gasteiger partial charge is 0.309 e. The second-order valence-corrected chi connectivity index (χ2v) is 5.25. The van der Waals surface area contributed by atoms with Crippen LogP contribution in [-0.2, 0) is 13.1 Å². The Balaban J connectivity index is 1.70. The summed E-state index contributed by atoms with van der Waals surface area (Å²) in [6, 6.07) is 14.8. The fraction of sp³-hybridized carbons (Fsp3) is 0.118. The monoisotopic (exact) mass is 300 g/mol. The third kappa shape index (κ3) is 3.20. The number of halogens is 2. The van der Waals surface area contributed by atoms with Gasteiger partial charge in [0, 0.05) is 24.7 Å². The number of rotatable bonds is 4. The van der Waals surface area contributed by atoms with Gasteiger partial charge in [-0.15, -0.1) is 0 Å². The first-order valence-electron chi connectivity index (χ1n) is 6.71. The third-order valence-corrected chi connectivity index (χ3v) is 3.66. The van der Waals surface area contributed by atoms with E-state index in [0.29, 0.717) is 6.54 Å². The summed E-state index contributed by atoms with van der Waals surface area (Å²) < 4.78 is 13.1. The van der Waals surface area contributed by atoms with E-state index in [2.05, 4.69) is 16.4 Å². The van der Waals surface area contributed by atoms with Gasteiger partial charge < -0.3 is 5.32 Å². The molecule has 106 valence electrons. The van der Waals surface area contributed by atoms with E-state index in [1.54, 1.807) is 12.1 Å². The van der Waals surface area contributed by atoms with E-state index in [1.165, 1.54) is 11.6 Å². The number of nitrogens with one attached hydrogen (secondary N) is 1. The minimum atomic E-state index is -0.388. The predicted octanol–water partition coefficient (Wildman–Crippen LogP) is 4.32. The summed E-state index contributed by atoms with van der Waals surface area (Å²) >= 11 is 5.78. The van der Waals surface area contributed by atoms with Crippen molar-refractivity contribution < 1.29 is 4.39 Å². The second-order valence-electron chi connectivity index (χ2n) is 4.84. The van der Waals surface area contributed by atoms with E-state index < -0.39 is 0 Å². The van der Waals surface area contributed by atoms with Gasteiger partial charge in [0.1, 0.15) is 5.82 Å². The molecule has 4 heteroatoms. The van der Waals surface area contributed by atoms with Crippen molar-refractivity contribution in [3.8, 4) is 0 Å². The lowest BCUT2D eigenvalue weighted by Crippen LogP contribution is -2.13. The molecular formula is C17H14ClFN2. The molecule has 1 N–H and O–H groups in total. The van der Waals surface area contributed by atoms with Crippen LogP contribution in [0.1, 0.15) is 11.1 Å². The smallest absolute Gasteiger partial charge is 0.141 e. The van der Waals surface area contributed by atoms with E-state index in [4.69, 9.17) is 11.6 Å².